The Morgan fingerprint density at radius 2 is 2.33 bits per heavy atom. The molecule has 0 aliphatic carbocycles. The van der Waals surface area contributed by atoms with Crippen LogP contribution in [0.2, 0.25) is 0 Å². The maximum atomic E-state index is 13.0. The highest BCUT2D eigenvalue weighted by Gasteiger charge is 2.01. The standard InChI is InChI=1S/C9H9FOS/c1-12-9-3-2-7(4-5-11)6-8(9)10/h2-3,5-6H,4H2,1H3. The van der Waals surface area contributed by atoms with Crippen LogP contribution in [-0.4, -0.2) is 12.5 Å². The summed E-state index contributed by atoms with van der Waals surface area (Å²) in [6.07, 6.45) is 2.87. The van der Waals surface area contributed by atoms with Crippen LogP contribution in [0.15, 0.2) is 23.1 Å². The molecule has 0 heterocycles. The van der Waals surface area contributed by atoms with Crippen LogP contribution >= 0.6 is 11.8 Å². The summed E-state index contributed by atoms with van der Waals surface area (Å²) < 4.78 is 13.0. The van der Waals surface area contributed by atoms with Crippen molar-refractivity contribution in [3.8, 4) is 0 Å². The van der Waals surface area contributed by atoms with Crippen molar-refractivity contribution < 1.29 is 9.18 Å². The molecule has 0 aliphatic heterocycles. The molecule has 0 saturated carbocycles. The summed E-state index contributed by atoms with van der Waals surface area (Å²) in [6, 6.07) is 4.86. The van der Waals surface area contributed by atoms with Gasteiger partial charge in [-0.1, -0.05) is 6.07 Å². The molecule has 1 nitrogen and oxygen atoms in total. The number of thioether (sulfide) groups is 1. The summed E-state index contributed by atoms with van der Waals surface area (Å²) >= 11 is 1.36. The van der Waals surface area contributed by atoms with Gasteiger partial charge in [-0.05, 0) is 24.0 Å². The van der Waals surface area contributed by atoms with Gasteiger partial charge in [-0.3, -0.25) is 0 Å². The molecule has 1 rings (SSSR count). The summed E-state index contributed by atoms with van der Waals surface area (Å²) in [7, 11) is 0. The van der Waals surface area contributed by atoms with E-state index in [0.29, 0.717) is 4.90 Å². The second-order valence-corrected chi connectivity index (χ2v) is 3.19. The molecule has 0 spiro atoms. The van der Waals surface area contributed by atoms with Crippen LogP contribution in [0.1, 0.15) is 5.56 Å². The van der Waals surface area contributed by atoms with Gasteiger partial charge in [-0.15, -0.1) is 11.8 Å². The molecule has 0 N–H and O–H groups in total. The van der Waals surface area contributed by atoms with Crippen LogP contribution in [0.3, 0.4) is 0 Å². The number of hydrogen-bond acceptors (Lipinski definition) is 2. The zero-order valence-electron chi connectivity index (χ0n) is 6.71. The van der Waals surface area contributed by atoms with Gasteiger partial charge in [0.1, 0.15) is 12.1 Å². The number of benzene rings is 1. The Balaban J connectivity index is 2.93. The first kappa shape index (κ1) is 9.26. The van der Waals surface area contributed by atoms with E-state index in [-0.39, 0.29) is 12.2 Å². The molecule has 0 fully saturated rings. The van der Waals surface area contributed by atoms with E-state index < -0.39 is 0 Å². The van der Waals surface area contributed by atoms with Gasteiger partial charge >= 0.3 is 0 Å². The van der Waals surface area contributed by atoms with Gasteiger partial charge < -0.3 is 4.79 Å². The molecule has 0 bridgehead atoms. The lowest BCUT2D eigenvalue weighted by molar-refractivity contribution is -0.107. The number of rotatable bonds is 3. The average Bonchev–Trinajstić information content (AvgIpc) is 2.05. The van der Waals surface area contributed by atoms with Gasteiger partial charge in [-0.25, -0.2) is 4.39 Å². The third-order valence-corrected chi connectivity index (χ3v) is 2.31. The van der Waals surface area contributed by atoms with Crippen molar-refractivity contribution in [1.82, 2.24) is 0 Å². The summed E-state index contributed by atoms with van der Waals surface area (Å²) in [5.74, 6) is -0.248. The zero-order chi connectivity index (χ0) is 8.97. The monoisotopic (exact) mass is 184 g/mol. The lowest BCUT2D eigenvalue weighted by atomic mass is 10.2. The average molecular weight is 184 g/mol. The number of halogens is 1. The Kier molecular flexibility index (Phi) is 3.29. The van der Waals surface area contributed by atoms with Crippen molar-refractivity contribution in [3.63, 3.8) is 0 Å². The topological polar surface area (TPSA) is 17.1 Å². The first-order valence-electron chi connectivity index (χ1n) is 3.54. The van der Waals surface area contributed by atoms with Crippen molar-refractivity contribution in [1.29, 1.82) is 0 Å². The fraction of sp³-hybridized carbons (Fsp3) is 0.222. The van der Waals surface area contributed by atoms with Crippen molar-refractivity contribution >= 4 is 18.0 Å². The molecule has 0 amide bonds. The molecule has 12 heavy (non-hydrogen) atoms. The quantitative estimate of drug-likeness (QED) is 0.529. The largest absolute Gasteiger partial charge is 0.303 e. The fourth-order valence-electron chi connectivity index (χ4n) is 0.933. The smallest absolute Gasteiger partial charge is 0.137 e. The van der Waals surface area contributed by atoms with E-state index >= 15 is 0 Å². The number of carbonyl (C=O) groups excluding carboxylic acids is 1. The predicted molar refractivity (Wildman–Crippen MR) is 47.9 cm³/mol. The summed E-state index contributed by atoms with van der Waals surface area (Å²) in [6.45, 7) is 0. The predicted octanol–water partition coefficient (Wildman–Crippen LogP) is 2.29. The Morgan fingerprint density at radius 1 is 1.58 bits per heavy atom. The van der Waals surface area contributed by atoms with Gasteiger partial charge in [0.05, 0.1) is 0 Å². The van der Waals surface area contributed by atoms with Gasteiger partial charge in [0.15, 0.2) is 0 Å². The second-order valence-electron chi connectivity index (χ2n) is 2.34. The van der Waals surface area contributed by atoms with Crippen LogP contribution in [0, 0.1) is 5.82 Å². The molecule has 3 heteroatoms. The first-order chi connectivity index (χ1) is 5.77. The lowest BCUT2D eigenvalue weighted by Gasteiger charge is -2.00. The molecule has 0 aromatic heterocycles. The summed E-state index contributed by atoms with van der Waals surface area (Å²) in [4.78, 5) is 10.7. The van der Waals surface area contributed by atoms with Crippen LogP contribution in [0.25, 0.3) is 0 Å². The van der Waals surface area contributed by atoms with E-state index in [9.17, 15) is 9.18 Å². The van der Waals surface area contributed by atoms with Crippen molar-refractivity contribution in [2.75, 3.05) is 6.26 Å². The zero-order valence-corrected chi connectivity index (χ0v) is 7.53. The summed E-state index contributed by atoms with van der Waals surface area (Å²) in [5, 5.41) is 0. The van der Waals surface area contributed by atoms with Crippen molar-refractivity contribution in [2.24, 2.45) is 0 Å². The van der Waals surface area contributed by atoms with Crippen molar-refractivity contribution in [3.05, 3.63) is 29.6 Å². The van der Waals surface area contributed by atoms with Gasteiger partial charge in [0.25, 0.3) is 0 Å². The highest BCUT2D eigenvalue weighted by molar-refractivity contribution is 7.98. The van der Waals surface area contributed by atoms with E-state index in [4.69, 9.17) is 0 Å². The Morgan fingerprint density at radius 3 is 2.83 bits per heavy atom. The first-order valence-corrected chi connectivity index (χ1v) is 4.76. The number of aldehydes is 1. The minimum absolute atomic E-state index is 0.248. The summed E-state index contributed by atoms with van der Waals surface area (Å²) in [5.41, 5.74) is 0.723. The van der Waals surface area contributed by atoms with E-state index in [1.807, 2.05) is 6.26 Å². The molecule has 0 saturated heterocycles. The van der Waals surface area contributed by atoms with Crippen LogP contribution < -0.4 is 0 Å². The molecule has 64 valence electrons. The molecular weight excluding hydrogens is 175 g/mol. The van der Waals surface area contributed by atoms with Crippen LogP contribution in [0.4, 0.5) is 4.39 Å². The number of hydrogen-bond donors (Lipinski definition) is 0. The normalized spacial score (nSPS) is 9.83. The maximum Gasteiger partial charge on any atom is 0.137 e. The molecule has 1 aromatic carbocycles. The highest BCUT2D eigenvalue weighted by atomic mass is 32.2. The van der Waals surface area contributed by atoms with Crippen molar-refractivity contribution in [2.45, 2.75) is 11.3 Å². The Bertz CT molecular complexity index is 286. The minimum atomic E-state index is -0.248. The van der Waals surface area contributed by atoms with E-state index in [0.717, 1.165) is 11.8 Å². The minimum Gasteiger partial charge on any atom is -0.303 e. The SMILES string of the molecule is CSc1ccc(CC=O)cc1F. The number of carbonyl (C=O) groups is 1. The molecular formula is C9H9FOS. The lowest BCUT2D eigenvalue weighted by Crippen LogP contribution is -1.88. The Labute approximate surface area is 75.0 Å². The van der Waals surface area contributed by atoms with E-state index in [2.05, 4.69) is 0 Å². The van der Waals surface area contributed by atoms with E-state index in [1.54, 1.807) is 12.1 Å². The molecule has 0 aliphatic rings. The maximum absolute atomic E-state index is 13.0. The van der Waals surface area contributed by atoms with Gasteiger partial charge in [0.2, 0.25) is 0 Å². The third kappa shape index (κ3) is 2.08. The van der Waals surface area contributed by atoms with Crippen LogP contribution in [0.5, 0.6) is 0 Å². The fourth-order valence-corrected chi connectivity index (χ4v) is 1.39. The second kappa shape index (κ2) is 4.26. The highest BCUT2D eigenvalue weighted by Crippen LogP contribution is 2.19. The molecule has 0 unspecified atom stereocenters. The van der Waals surface area contributed by atoms with E-state index in [1.165, 1.54) is 17.8 Å². The molecule has 0 atom stereocenters. The third-order valence-electron chi connectivity index (χ3n) is 1.54. The van der Waals surface area contributed by atoms with Crippen LogP contribution in [-0.2, 0) is 11.2 Å². The van der Waals surface area contributed by atoms with Gasteiger partial charge in [0, 0.05) is 11.3 Å². The van der Waals surface area contributed by atoms with Gasteiger partial charge in [-0.2, -0.15) is 0 Å². The Hall–Kier alpha value is -0.830. The molecule has 1 aromatic rings. The molecule has 0 radical (unpaired) electrons.